The fraction of sp³-hybridized carbons (Fsp3) is 0.364. The molecule has 0 atom stereocenters. The van der Waals surface area contributed by atoms with Gasteiger partial charge in [-0.2, -0.15) is 13.2 Å². The van der Waals surface area contributed by atoms with E-state index in [1.54, 1.807) is 0 Å². The number of carbonyl (C=O) groups is 1. The van der Waals surface area contributed by atoms with Crippen molar-refractivity contribution >= 4 is 11.5 Å². The first kappa shape index (κ1) is 13.3. The Kier molecular flexibility index (Phi) is 3.17. The third-order valence-corrected chi connectivity index (χ3v) is 2.69. The van der Waals surface area contributed by atoms with Gasteiger partial charge < -0.3 is 4.74 Å². The Labute approximate surface area is 105 Å². The van der Waals surface area contributed by atoms with E-state index in [1.165, 1.54) is 0 Å². The van der Waals surface area contributed by atoms with Crippen LogP contribution in [0, 0.1) is 10.1 Å². The largest absolute Gasteiger partial charge is 0.483 e. The average Bonchev–Trinajstić information content (AvgIpc) is 2.25. The van der Waals surface area contributed by atoms with E-state index < -0.39 is 28.5 Å². The van der Waals surface area contributed by atoms with Gasteiger partial charge in [0.25, 0.3) is 0 Å². The summed E-state index contributed by atoms with van der Waals surface area (Å²) in [6.07, 6.45) is -4.91. The van der Waals surface area contributed by atoms with Crippen molar-refractivity contribution in [3.8, 4) is 5.75 Å². The Morgan fingerprint density at radius 2 is 1.95 bits per heavy atom. The number of halogens is 3. The van der Waals surface area contributed by atoms with Gasteiger partial charge >= 0.3 is 11.9 Å². The molecule has 102 valence electrons. The molecular weight excluding hydrogens is 267 g/mol. The molecule has 0 amide bonds. The highest BCUT2D eigenvalue weighted by molar-refractivity contribution is 5.85. The van der Waals surface area contributed by atoms with Crippen LogP contribution >= 0.6 is 0 Å². The molecule has 0 unspecified atom stereocenters. The van der Waals surface area contributed by atoms with Gasteiger partial charge in [-0.15, -0.1) is 0 Å². The van der Waals surface area contributed by atoms with Gasteiger partial charge in [0.2, 0.25) is 0 Å². The monoisotopic (exact) mass is 275 g/mol. The number of hydrogen-bond acceptors (Lipinski definition) is 4. The van der Waals surface area contributed by atoms with E-state index in [9.17, 15) is 28.1 Å². The highest BCUT2D eigenvalue weighted by Crippen LogP contribution is 2.37. The van der Waals surface area contributed by atoms with Crippen molar-refractivity contribution in [2.45, 2.75) is 25.1 Å². The molecule has 19 heavy (non-hydrogen) atoms. The van der Waals surface area contributed by atoms with Crippen LogP contribution in [0.4, 0.5) is 18.9 Å². The minimum absolute atomic E-state index is 0.0421. The first-order chi connectivity index (χ1) is 8.77. The molecule has 1 fully saturated rings. The van der Waals surface area contributed by atoms with Crippen LogP contribution in [0.2, 0.25) is 0 Å². The van der Waals surface area contributed by atoms with Crippen molar-refractivity contribution in [2.75, 3.05) is 0 Å². The van der Waals surface area contributed by atoms with E-state index >= 15 is 0 Å². The predicted molar refractivity (Wildman–Crippen MR) is 56.8 cm³/mol. The van der Waals surface area contributed by atoms with Gasteiger partial charge in [0.15, 0.2) is 5.75 Å². The molecule has 0 heterocycles. The van der Waals surface area contributed by atoms with Crippen molar-refractivity contribution in [1.82, 2.24) is 0 Å². The summed E-state index contributed by atoms with van der Waals surface area (Å²) in [7, 11) is 0. The number of benzene rings is 1. The second-order valence-corrected chi connectivity index (χ2v) is 4.12. The van der Waals surface area contributed by atoms with Crippen LogP contribution < -0.4 is 4.74 Å². The normalized spacial score (nSPS) is 16.1. The van der Waals surface area contributed by atoms with E-state index in [-0.39, 0.29) is 24.4 Å². The number of carbonyl (C=O) groups excluding carboxylic acids is 1. The lowest BCUT2D eigenvalue weighted by molar-refractivity contribution is -0.386. The van der Waals surface area contributed by atoms with Crippen molar-refractivity contribution < 1.29 is 27.6 Å². The molecule has 0 N–H and O–H groups in total. The molecule has 8 heteroatoms. The molecular formula is C11H8F3NO4. The van der Waals surface area contributed by atoms with Crippen LogP contribution in [0.1, 0.15) is 18.4 Å². The predicted octanol–water partition coefficient (Wildman–Crippen LogP) is 2.72. The van der Waals surface area contributed by atoms with E-state index in [0.29, 0.717) is 12.1 Å². The summed E-state index contributed by atoms with van der Waals surface area (Å²) in [6, 6.07) is 2.04. The summed E-state index contributed by atoms with van der Waals surface area (Å²) in [5, 5.41) is 10.7. The Morgan fingerprint density at radius 3 is 2.42 bits per heavy atom. The lowest BCUT2D eigenvalue weighted by atomic mass is 9.94. The third-order valence-electron chi connectivity index (χ3n) is 2.69. The summed E-state index contributed by atoms with van der Waals surface area (Å²) in [5.74, 6) is -0.296. The van der Waals surface area contributed by atoms with Gasteiger partial charge in [-0.25, -0.2) is 0 Å². The third kappa shape index (κ3) is 2.83. The number of ether oxygens (including phenoxy) is 1. The Hall–Kier alpha value is -2.12. The lowest BCUT2D eigenvalue weighted by Gasteiger charge is -2.25. The fourth-order valence-corrected chi connectivity index (χ4v) is 1.65. The quantitative estimate of drug-likeness (QED) is 0.628. The minimum Gasteiger partial charge on any atom is -0.483 e. The molecule has 2 rings (SSSR count). The topological polar surface area (TPSA) is 69.4 Å². The van der Waals surface area contributed by atoms with E-state index in [2.05, 4.69) is 0 Å². The van der Waals surface area contributed by atoms with Crippen LogP contribution in [-0.4, -0.2) is 16.8 Å². The number of Topliss-reactive ketones (excluding diaryl/α,β-unsaturated/α-hetero) is 1. The molecule has 0 saturated heterocycles. The molecule has 0 spiro atoms. The van der Waals surface area contributed by atoms with E-state index in [4.69, 9.17) is 4.74 Å². The summed E-state index contributed by atoms with van der Waals surface area (Å²) < 4.78 is 42.5. The van der Waals surface area contributed by atoms with Crippen molar-refractivity contribution in [3.05, 3.63) is 33.9 Å². The van der Waals surface area contributed by atoms with Crippen molar-refractivity contribution in [1.29, 1.82) is 0 Å². The van der Waals surface area contributed by atoms with Gasteiger partial charge in [-0.3, -0.25) is 14.9 Å². The molecule has 5 nitrogen and oxygen atoms in total. The average molecular weight is 275 g/mol. The van der Waals surface area contributed by atoms with Crippen LogP contribution in [0.25, 0.3) is 0 Å². The van der Waals surface area contributed by atoms with Gasteiger partial charge in [-0.1, -0.05) is 0 Å². The zero-order valence-corrected chi connectivity index (χ0v) is 9.44. The Balaban J connectivity index is 2.28. The van der Waals surface area contributed by atoms with E-state index in [1.807, 2.05) is 0 Å². The fourth-order valence-electron chi connectivity index (χ4n) is 1.65. The smallest absolute Gasteiger partial charge is 0.416 e. The summed E-state index contributed by atoms with van der Waals surface area (Å²) in [5.41, 5.74) is -1.87. The van der Waals surface area contributed by atoms with Crippen LogP contribution in [0.3, 0.4) is 0 Å². The van der Waals surface area contributed by atoms with Crippen molar-refractivity contribution in [2.24, 2.45) is 0 Å². The van der Waals surface area contributed by atoms with Gasteiger partial charge in [0.1, 0.15) is 11.9 Å². The highest BCUT2D eigenvalue weighted by atomic mass is 19.4. The summed E-state index contributed by atoms with van der Waals surface area (Å²) >= 11 is 0. The highest BCUT2D eigenvalue weighted by Gasteiger charge is 2.35. The summed E-state index contributed by atoms with van der Waals surface area (Å²) in [4.78, 5) is 20.5. The number of alkyl halides is 3. The maximum Gasteiger partial charge on any atom is 0.416 e. The van der Waals surface area contributed by atoms with E-state index in [0.717, 1.165) is 6.07 Å². The molecule has 0 aliphatic heterocycles. The number of hydrogen-bond donors (Lipinski definition) is 0. The first-order valence-corrected chi connectivity index (χ1v) is 5.31. The zero-order valence-electron chi connectivity index (χ0n) is 9.44. The van der Waals surface area contributed by atoms with Crippen LogP contribution in [0.5, 0.6) is 5.75 Å². The molecule has 1 aliphatic rings. The SMILES string of the molecule is O=C1CC(Oc2ccc(C(F)(F)F)cc2[N+](=O)[O-])C1. The van der Waals surface area contributed by atoms with Gasteiger partial charge in [0, 0.05) is 18.9 Å². The molecule has 1 aromatic carbocycles. The van der Waals surface area contributed by atoms with Gasteiger partial charge in [-0.05, 0) is 12.1 Å². The molecule has 1 aromatic rings. The zero-order chi connectivity index (χ0) is 14.2. The number of nitrogens with zero attached hydrogens (tertiary/aromatic N) is 1. The molecule has 0 radical (unpaired) electrons. The number of nitro benzene ring substituents is 1. The number of rotatable bonds is 3. The lowest BCUT2D eigenvalue weighted by Crippen LogP contribution is -2.33. The molecule has 0 bridgehead atoms. The molecule has 0 aromatic heterocycles. The molecule has 1 aliphatic carbocycles. The number of ketones is 1. The summed E-state index contributed by atoms with van der Waals surface area (Å²) in [6.45, 7) is 0. The standard InChI is InChI=1S/C11H8F3NO4/c12-11(13,14)6-1-2-10(9(3-6)15(17)18)19-8-4-7(16)5-8/h1-3,8H,4-5H2. The number of nitro groups is 1. The van der Waals surface area contributed by atoms with Gasteiger partial charge in [0.05, 0.1) is 10.5 Å². The van der Waals surface area contributed by atoms with Crippen molar-refractivity contribution in [3.63, 3.8) is 0 Å². The maximum atomic E-state index is 12.4. The van der Waals surface area contributed by atoms with Crippen LogP contribution in [0.15, 0.2) is 18.2 Å². The van der Waals surface area contributed by atoms with Crippen LogP contribution in [-0.2, 0) is 11.0 Å². The second kappa shape index (κ2) is 4.52. The Bertz CT molecular complexity index is 533. The molecule has 1 saturated carbocycles. The second-order valence-electron chi connectivity index (χ2n) is 4.12. The Morgan fingerprint density at radius 1 is 1.32 bits per heavy atom. The first-order valence-electron chi connectivity index (χ1n) is 5.31. The maximum absolute atomic E-state index is 12.4. The minimum atomic E-state index is -4.66.